The smallest absolute Gasteiger partial charge is 0.0444 e. The molecule has 0 spiro atoms. The summed E-state index contributed by atoms with van der Waals surface area (Å²) in [5.41, 5.74) is 8.17. The average molecular weight is 1030 g/mol. The van der Waals surface area contributed by atoms with Gasteiger partial charge in [0.15, 0.2) is 0 Å². The molecule has 0 unspecified atom stereocenters. The first-order valence-corrected chi connectivity index (χ1v) is 22.9. The quantitative estimate of drug-likeness (QED) is 0.0829. The highest BCUT2D eigenvalue weighted by atomic mass is 79.9. The van der Waals surface area contributed by atoms with Gasteiger partial charge in [0.05, 0.1) is 0 Å². The van der Waals surface area contributed by atoms with E-state index in [0.29, 0.717) is 16.7 Å². The molecule has 0 bridgehead atoms. The van der Waals surface area contributed by atoms with E-state index in [4.69, 9.17) is 24.7 Å². The Labute approximate surface area is 437 Å². The summed E-state index contributed by atoms with van der Waals surface area (Å²) in [5, 5.41) is 7.88. The lowest BCUT2D eigenvalue weighted by Crippen LogP contribution is -1.99. The number of rotatable bonds is 2. The molecular formula is C62H50B2Br2N4. The van der Waals surface area contributed by atoms with Gasteiger partial charge in [-0.3, -0.25) is 15.0 Å². The number of aromatic nitrogens is 3. The average Bonchev–Trinajstić information content (AvgIpc) is 3.32. The summed E-state index contributed by atoms with van der Waals surface area (Å²) in [4.78, 5) is 12.5. The Morgan fingerprint density at radius 3 is 1.11 bits per heavy atom. The number of hydrogen-bond donors (Lipinski definition) is 1. The molecule has 2 aromatic carbocycles. The van der Waals surface area contributed by atoms with E-state index in [2.05, 4.69) is 199 Å². The van der Waals surface area contributed by atoms with Gasteiger partial charge in [0.2, 0.25) is 0 Å². The third-order valence-corrected chi connectivity index (χ3v) is 8.68. The van der Waals surface area contributed by atoms with Gasteiger partial charge < -0.3 is 5.41 Å². The van der Waals surface area contributed by atoms with Crippen molar-refractivity contribution in [1.29, 1.82) is 5.41 Å². The predicted octanol–water partition coefficient (Wildman–Crippen LogP) is 12.1. The normalized spacial score (nSPS) is 9.80. The van der Waals surface area contributed by atoms with Crippen molar-refractivity contribution in [2.75, 3.05) is 0 Å². The first-order chi connectivity index (χ1) is 33.0. The molecule has 8 heteroatoms. The zero-order chi connectivity index (χ0) is 52.3. The van der Waals surface area contributed by atoms with Gasteiger partial charge in [-0.2, -0.15) is 0 Å². The third kappa shape index (κ3) is 25.3. The summed E-state index contributed by atoms with van der Waals surface area (Å²) in [5.74, 6) is 45.7. The standard InChI is InChI=1S/C45H41N3.C12H6.C5H3Br2N.B2/c1-34(17-20-43(2,3)4)23-38(29-46)14-11-35-24-36(12-15-39-27-41(32-47-30-39)18-21-44(5,6)7)26-37(25-35)13-16-40-28-42(33-48-31-40)19-22-45(8,9)10;1-4-10-7-11(5-2)9-12(6-3)8-10;6-4-1-5(7)3-8-2-4;1-2/h23-33,46H,1H2,2-10H3;1-3,7-9H;1-3H;/b38-23-,46-29?;;;. The molecule has 0 atom stereocenters. The van der Waals surface area contributed by atoms with Crippen molar-refractivity contribution >= 4 is 53.5 Å². The fourth-order valence-corrected chi connectivity index (χ4v) is 5.86. The van der Waals surface area contributed by atoms with E-state index in [1.807, 2.05) is 57.2 Å². The molecule has 0 saturated heterocycles. The molecule has 0 fully saturated rings. The van der Waals surface area contributed by atoms with Crippen molar-refractivity contribution in [3.8, 4) is 108 Å². The summed E-state index contributed by atoms with van der Waals surface area (Å²) in [6.07, 6.45) is 29.0. The molecule has 0 aliphatic carbocycles. The number of nitrogens with zero attached hydrogens (tertiary/aromatic N) is 3. The minimum Gasteiger partial charge on any atom is -0.307 e. The Hall–Kier alpha value is -7.83. The van der Waals surface area contributed by atoms with E-state index < -0.39 is 0 Å². The zero-order valence-electron chi connectivity index (χ0n) is 41.0. The van der Waals surface area contributed by atoms with Gasteiger partial charge in [0, 0.05) is 151 Å². The molecule has 70 heavy (non-hydrogen) atoms. The topological polar surface area (TPSA) is 62.5 Å². The van der Waals surface area contributed by atoms with Crippen molar-refractivity contribution in [3.63, 3.8) is 0 Å². The molecule has 4 radical (unpaired) electrons. The minimum atomic E-state index is -0.152. The molecule has 5 aromatic rings. The van der Waals surface area contributed by atoms with Crippen LogP contribution in [0.5, 0.6) is 0 Å². The first kappa shape index (κ1) is 58.3. The van der Waals surface area contributed by atoms with Crippen LogP contribution in [0, 0.1) is 130 Å². The fourth-order valence-electron chi connectivity index (χ4n) is 4.82. The van der Waals surface area contributed by atoms with Gasteiger partial charge in [-0.1, -0.05) is 95.4 Å². The molecule has 0 amide bonds. The maximum atomic E-state index is 7.88. The van der Waals surface area contributed by atoms with Crippen molar-refractivity contribution in [2.24, 2.45) is 16.2 Å². The molecular weight excluding hydrogens is 982 g/mol. The second kappa shape index (κ2) is 29.1. The Morgan fingerprint density at radius 1 is 0.471 bits per heavy atom. The number of nitrogens with one attached hydrogen (secondary N) is 1. The molecule has 338 valence electrons. The maximum Gasteiger partial charge on any atom is 0.0444 e. The van der Waals surface area contributed by atoms with Crippen LogP contribution in [0.25, 0.3) is 0 Å². The van der Waals surface area contributed by atoms with E-state index in [-0.39, 0.29) is 16.2 Å². The Kier molecular flexibility index (Phi) is 24.3. The van der Waals surface area contributed by atoms with Crippen LogP contribution >= 0.6 is 31.9 Å². The lowest BCUT2D eigenvalue weighted by Gasteiger charge is -2.06. The molecule has 0 aliphatic rings. The lowest BCUT2D eigenvalue weighted by atomic mass is 9.81. The number of benzene rings is 2. The highest BCUT2D eigenvalue weighted by Crippen LogP contribution is 2.16. The number of allylic oxidation sites excluding steroid dienone is 3. The molecule has 3 heterocycles. The van der Waals surface area contributed by atoms with Crippen LogP contribution in [0.4, 0.5) is 0 Å². The van der Waals surface area contributed by atoms with Gasteiger partial charge in [0.25, 0.3) is 0 Å². The van der Waals surface area contributed by atoms with Crippen molar-refractivity contribution < 1.29 is 0 Å². The monoisotopic (exact) mass is 1030 g/mol. The second-order valence-corrected chi connectivity index (χ2v) is 19.6. The summed E-state index contributed by atoms with van der Waals surface area (Å²) in [7, 11) is 8.00. The van der Waals surface area contributed by atoms with E-state index in [9.17, 15) is 0 Å². The molecule has 0 aliphatic heterocycles. The number of terminal acetylenes is 3. The van der Waals surface area contributed by atoms with Crippen LogP contribution in [0.3, 0.4) is 0 Å². The summed E-state index contributed by atoms with van der Waals surface area (Å²) in [6.45, 7) is 22.5. The van der Waals surface area contributed by atoms with E-state index in [1.165, 1.54) is 6.21 Å². The molecule has 3 aromatic heterocycles. The lowest BCUT2D eigenvalue weighted by molar-refractivity contribution is 0.570. The fraction of sp³-hybridized carbons (Fsp3) is 0.194. The van der Waals surface area contributed by atoms with Crippen LogP contribution in [-0.2, 0) is 0 Å². The number of hydrogen-bond acceptors (Lipinski definition) is 4. The second-order valence-electron chi connectivity index (χ2n) is 17.8. The van der Waals surface area contributed by atoms with Gasteiger partial charge in [-0.15, -0.1) is 19.3 Å². The van der Waals surface area contributed by atoms with Gasteiger partial charge >= 0.3 is 0 Å². The van der Waals surface area contributed by atoms with Crippen molar-refractivity contribution in [1.82, 2.24) is 15.0 Å². The minimum absolute atomic E-state index is 0.113. The Bertz CT molecular complexity index is 3060. The molecule has 4 nitrogen and oxygen atoms in total. The summed E-state index contributed by atoms with van der Waals surface area (Å²) < 4.78 is 1.98. The highest BCUT2D eigenvalue weighted by Gasteiger charge is 2.06. The Morgan fingerprint density at radius 2 is 0.786 bits per heavy atom. The number of halogens is 2. The van der Waals surface area contributed by atoms with E-state index >= 15 is 0 Å². The molecule has 5 rings (SSSR count). The van der Waals surface area contributed by atoms with Crippen molar-refractivity contribution in [2.45, 2.75) is 62.3 Å². The molecule has 1 N–H and O–H groups in total. The van der Waals surface area contributed by atoms with Crippen LogP contribution < -0.4 is 0 Å². The maximum absolute atomic E-state index is 7.88. The third-order valence-electron chi connectivity index (χ3n) is 7.81. The van der Waals surface area contributed by atoms with Crippen LogP contribution in [0.15, 0.2) is 125 Å². The highest BCUT2D eigenvalue weighted by molar-refractivity contribution is 9.11. The van der Waals surface area contributed by atoms with Crippen LogP contribution in [-0.4, -0.2) is 36.6 Å². The SMILES string of the molecule is Brc1cncc(Br)c1.C#Cc1cc(C#C)cc(C#C)c1.C=C(C#CC(C)(C)C)/C=C(/C#Cc1cc(C#Cc2cncc(C#CC(C)(C)C)c2)cc(C#Cc2cncc(C#CC(C)(C)C)c2)c1)C=N.[B][B]. The van der Waals surface area contributed by atoms with Gasteiger partial charge in [-0.05, 0) is 155 Å². The van der Waals surface area contributed by atoms with Crippen LogP contribution in [0.2, 0.25) is 0 Å². The van der Waals surface area contributed by atoms with Gasteiger partial charge in [-0.25, -0.2) is 0 Å². The first-order valence-electron chi connectivity index (χ1n) is 21.3. The van der Waals surface area contributed by atoms with Crippen molar-refractivity contribution in [3.05, 3.63) is 180 Å². The Balaban J connectivity index is 0.000000621. The van der Waals surface area contributed by atoms with E-state index in [1.54, 1.807) is 61.5 Å². The zero-order valence-corrected chi connectivity index (χ0v) is 44.2. The number of pyridine rings is 3. The van der Waals surface area contributed by atoms with E-state index in [0.717, 1.165) is 59.0 Å². The largest absolute Gasteiger partial charge is 0.307 e. The molecule has 0 saturated carbocycles. The predicted molar refractivity (Wildman–Crippen MR) is 301 cm³/mol. The summed E-state index contributed by atoms with van der Waals surface area (Å²) >= 11 is 6.54. The van der Waals surface area contributed by atoms with Crippen LogP contribution in [0.1, 0.15) is 118 Å². The van der Waals surface area contributed by atoms with Gasteiger partial charge in [0.1, 0.15) is 0 Å². The summed E-state index contributed by atoms with van der Waals surface area (Å²) in [6, 6.07) is 16.8.